The van der Waals surface area contributed by atoms with Crippen molar-refractivity contribution in [2.24, 2.45) is 0 Å². The monoisotopic (exact) mass is 362 g/mol. The van der Waals surface area contributed by atoms with Crippen molar-refractivity contribution in [2.75, 3.05) is 26.4 Å². The van der Waals surface area contributed by atoms with E-state index >= 15 is 0 Å². The lowest BCUT2D eigenvalue weighted by Crippen LogP contribution is -2.33. The second-order valence-electron chi connectivity index (χ2n) is 6.03. The molecular weight excluding hydrogens is 332 g/mol. The molecule has 0 spiro atoms. The summed E-state index contributed by atoms with van der Waals surface area (Å²) < 4.78 is 15.8. The van der Waals surface area contributed by atoms with Gasteiger partial charge in [-0.25, -0.2) is 4.79 Å². The van der Waals surface area contributed by atoms with Gasteiger partial charge < -0.3 is 34.6 Å². The van der Waals surface area contributed by atoms with Gasteiger partial charge in [0.1, 0.15) is 18.8 Å². The predicted octanol–water partition coefficient (Wildman–Crippen LogP) is 0.223. The van der Waals surface area contributed by atoms with E-state index in [1.54, 1.807) is 0 Å². The molecule has 4 N–H and O–H groups in total. The molecule has 0 radical (unpaired) electrons. The molecule has 3 atom stereocenters. The highest BCUT2D eigenvalue weighted by atomic mass is 16.6. The summed E-state index contributed by atoms with van der Waals surface area (Å²) in [5.74, 6) is -1.00. The van der Waals surface area contributed by atoms with Crippen LogP contribution in [0, 0.1) is 0 Å². The van der Waals surface area contributed by atoms with Crippen molar-refractivity contribution in [1.29, 1.82) is 0 Å². The molecule has 0 saturated heterocycles. The molecule has 0 fully saturated rings. The van der Waals surface area contributed by atoms with Crippen LogP contribution in [0.25, 0.3) is 0 Å². The Bertz CT molecular complexity index is 423. The molecule has 0 aromatic heterocycles. The zero-order valence-corrected chi connectivity index (χ0v) is 14.7. The largest absolute Gasteiger partial charge is 0.487 e. The molecule has 0 aromatic rings. The summed E-state index contributed by atoms with van der Waals surface area (Å²) in [4.78, 5) is 11.9. The van der Waals surface area contributed by atoms with Crippen LogP contribution in [0.2, 0.25) is 0 Å². The van der Waals surface area contributed by atoms with E-state index in [-0.39, 0.29) is 18.1 Å². The molecule has 146 valence electrons. The minimum absolute atomic E-state index is 0.0648. The van der Waals surface area contributed by atoms with Crippen LogP contribution in [-0.4, -0.2) is 71.1 Å². The highest BCUT2D eigenvalue weighted by Crippen LogP contribution is 2.27. The zero-order valence-electron chi connectivity index (χ0n) is 14.7. The number of hydrogen-bond acceptors (Lipinski definition) is 8. The molecule has 0 aliphatic carbocycles. The van der Waals surface area contributed by atoms with Gasteiger partial charge in [0.15, 0.2) is 11.9 Å². The van der Waals surface area contributed by atoms with Crippen LogP contribution in [0.4, 0.5) is 0 Å². The number of carbonyl (C=O) groups is 1. The van der Waals surface area contributed by atoms with Gasteiger partial charge in [0.2, 0.25) is 5.76 Å². The summed E-state index contributed by atoms with van der Waals surface area (Å²) in [6.45, 7) is 1.02. The molecule has 25 heavy (non-hydrogen) atoms. The van der Waals surface area contributed by atoms with Crippen molar-refractivity contribution in [3.63, 3.8) is 0 Å². The third-order valence-corrected chi connectivity index (χ3v) is 3.82. The number of aliphatic hydroxyl groups excluding tert-OH is 4. The van der Waals surface area contributed by atoms with Crippen LogP contribution in [0.1, 0.15) is 45.4 Å². The van der Waals surface area contributed by atoms with E-state index in [9.17, 15) is 15.0 Å². The Kier molecular flexibility index (Phi) is 10.5. The number of ether oxygens (including phenoxy) is 3. The van der Waals surface area contributed by atoms with Crippen molar-refractivity contribution >= 4 is 5.97 Å². The number of cyclic esters (lactones) is 1. The highest BCUT2D eigenvalue weighted by molar-refractivity contribution is 5.89. The topological polar surface area (TPSA) is 126 Å². The van der Waals surface area contributed by atoms with Crippen LogP contribution in [0.3, 0.4) is 0 Å². The molecule has 1 rings (SSSR count). The number of hydrogen-bond donors (Lipinski definition) is 4. The normalized spacial score (nSPS) is 19.7. The lowest BCUT2D eigenvalue weighted by molar-refractivity contribution is -0.148. The molecule has 0 amide bonds. The Morgan fingerprint density at radius 1 is 1.04 bits per heavy atom. The van der Waals surface area contributed by atoms with Gasteiger partial charge in [-0.2, -0.15) is 0 Å². The van der Waals surface area contributed by atoms with Crippen LogP contribution in [0.5, 0.6) is 0 Å². The Labute approximate surface area is 148 Å². The number of rotatable bonds is 14. The summed E-state index contributed by atoms with van der Waals surface area (Å²) in [5, 5.41) is 37.1. The fourth-order valence-corrected chi connectivity index (χ4v) is 2.37. The maximum Gasteiger partial charge on any atom is 0.378 e. The summed E-state index contributed by atoms with van der Waals surface area (Å²) in [6.07, 6.45) is 2.68. The van der Waals surface area contributed by atoms with Gasteiger partial charge in [-0.15, -0.1) is 0 Å². The molecule has 0 aromatic carbocycles. The minimum atomic E-state index is -1.36. The quantitative estimate of drug-likeness (QED) is 0.255. The van der Waals surface area contributed by atoms with Crippen LogP contribution in [-0.2, 0) is 19.0 Å². The smallest absolute Gasteiger partial charge is 0.378 e. The summed E-state index contributed by atoms with van der Waals surface area (Å²) in [6, 6.07) is 0. The Morgan fingerprint density at radius 2 is 1.72 bits per heavy atom. The number of carbonyl (C=O) groups excluding carboxylic acids is 1. The van der Waals surface area contributed by atoms with E-state index in [0.29, 0.717) is 6.61 Å². The first kappa shape index (κ1) is 21.7. The molecule has 8 nitrogen and oxygen atoms in total. The van der Waals surface area contributed by atoms with E-state index in [0.717, 1.165) is 19.3 Å². The van der Waals surface area contributed by atoms with Gasteiger partial charge in [-0.3, -0.25) is 0 Å². The molecule has 2 unspecified atom stereocenters. The fourth-order valence-electron chi connectivity index (χ4n) is 2.37. The first-order valence-corrected chi connectivity index (χ1v) is 8.83. The molecule has 1 aliphatic rings. The van der Waals surface area contributed by atoms with Crippen molar-refractivity contribution in [2.45, 2.75) is 63.8 Å². The van der Waals surface area contributed by atoms with Gasteiger partial charge in [0, 0.05) is 0 Å². The summed E-state index contributed by atoms with van der Waals surface area (Å²) in [7, 11) is 0. The first-order chi connectivity index (χ1) is 12.0. The van der Waals surface area contributed by atoms with Gasteiger partial charge in [0.25, 0.3) is 0 Å². The number of esters is 1. The van der Waals surface area contributed by atoms with Gasteiger partial charge in [-0.1, -0.05) is 39.0 Å². The lowest BCUT2D eigenvalue weighted by atomic mass is 10.1. The van der Waals surface area contributed by atoms with Gasteiger partial charge in [-0.05, 0) is 6.42 Å². The molecule has 0 bridgehead atoms. The van der Waals surface area contributed by atoms with E-state index in [1.165, 1.54) is 19.3 Å². The second kappa shape index (κ2) is 12.1. The van der Waals surface area contributed by atoms with Crippen LogP contribution < -0.4 is 0 Å². The SMILES string of the molecule is CCCCCCCCOC1=C(OCC(O)CO)[C@@H](C(O)CO)OC1=O. The highest BCUT2D eigenvalue weighted by Gasteiger charge is 2.42. The summed E-state index contributed by atoms with van der Waals surface area (Å²) in [5.41, 5.74) is 0. The van der Waals surface area contributed by atoms with Crippen LogP contribution in [0.15, 0.2) is 11.5 Å². The Morgan fingerprint density at radius 3 is 2.36 bits per heavy atom. The number of aliphatic hydroxyl groups is 4. The predicted molar refractivity (Wildman–Crippen MR) is 88.4 cm³/mol. The third kappa shape index (κ3) is 7.19. The minimum Gasteiger partial charge on any atom is -0.487 e. The molecule has 8 heteroatoms. The average molecular weight is 362 g/mol. The molecule has 1 aliphatic heterocycles. The average Bonchev–Trinajstić information content (AvgIpc) is 2.93. The van der Waals surface area contributed by atoms with E-state index in [4.69, 9.17) is 24.4 Å². The van der Waals surface area contributed by atoms with E-state index < -0.39 is 37.5 Å². The second-order valence-corrected chi connectivity index (χ2v) is 6.03. The zero-order chi connectivity index (χ0) is 18.7. The fraction of sp³-hybridized carbons (Fsp3) is 0.824. The van der Waals surface area contributed by atoms with Crippen molar-refractivity contribution in [3.8, 4) is 0 Å². The van der Waals surface area contributed by atoms with Crippen molar-refractivity contribution in [1.82, 2.24) is 0 Å². The standard InChI is InChI=1S/C17H30O8/c1-2-3-4-5-6-7-8-23-16-15(24-11-12(20)9-18)14(13(21)10-19)25-17(16)22/h12-14,18-21H,2-11H2,1H3/t12?,13?,14-/m1/s1. The third-order valence-electron chi connectivity index (χ3n) is 3.82. The Balaban J connectivity index is 2.61. The van der Waals surface area contributed by atoms with Crippen molar-refractivity contribution in [3.05, 3.63) is 11.5 Å². The van der Waals surface area contributed by atoms with E-state index in [1.807, 2.05) is 0 Å². The lowest BCUT2D eigenvalue weighted by Gasteiger charge is -2.19. The Hall–Kier alpha value is -1.35. The maximum absolute atomic E-state index is 11.9. The molecule has 0 saturated carbocycles. The molecular formula is C17H30O8. The maximum atomic E-state index is 11.9. The molecule has 1 heterocycles. The first-order valence-electron chi connectivity index (χ1n) is 8.83. The summed E-state index contributed by atoms with van der Waals surface area (Å²) >= 11 is 0. The van der Waals surface area contributed by atoms with Crippen molar-refractivity contribution < 1.29 is 39.4 Å². The van der Waals surface area contributed by atoms with E-state index in [2.05, 4.69) is 6.92 Å². The van der Waals surface area contributed by atoms with Crippen LogP contribution >= 0.6 is 0 Å². The van der Waals surface area contributed by atoms with Gasteiger partial charge in [0.05, 0.1) is 19.8 Å². The van der Waals surface area contributed by atoms with Gasteiger partial charge >= 0.3 is 5.97 Å². The number of unbranched alkanes of at least 4 members (excludes halogenated alkanes) is 5.